The summed E-state index contributed by atoms with van der Waals surface area (Å²) in [6.45, 7) is -0.705. The normalized spacial score (nSPS) is 33.4. The van der Waals surface area contributed by atoms with Gasteiger partial charge in [-0.15, -0.1) is 0 Å². The number of carbonyl (C=O) groups is 1. The monoisotopic (exact) mass is 270 g/mol. The molecule has 0 aromatic heterocycles. The largest absolute Gasteiger partial charge is 0.481 e. The zero-order valence-corrected chi connectivity index (χ0v) is 9.50. The van der Waals surface area contributed by atoms with Crippen LogP contribution in [0.1, 0.15) is 19.3 Å². The van der Waals surface area contributed by atoms with Crippen molar-refractivity contribution in [1.82, 2.24) is 0 Å². The van der Waals surface area contributed by atoms with Gasteiger partial charge in [0.1, 0.15) is 18.3 Å². The number of carboxylic acid groups (broad SMARTS) is 1. The van der Waals surface area contributed by atoms with E-state index >= 15 is 0 Å². The quantitative estimate of drug-likeness (QED) is 0.529. The van der Waals surface area contributed by atoms with Crippen molar-refractivity contribution in [2.45, 2.75) is 49.6 Å². The third-order valence-electron chi connectivity index (χ3n) is 2.89. The summed E-state index contributed by atoms with van der Waals surface area (Å²) in [5.41, 5.74) is 0. The average Bonchev–Trinajstić information content (AvgIpc) is 2.30. The van der Waals surface area contributed by atoms with Gasteiger partial charge in [-0.1, -0.05) is 0 Å². The van der Waals surface area contributed by atoms with Crippen LogP contribution in [0.3, 0.4) is 0 Å². The predicted octanol–water partition coefficient (Wildman–Crippen LogP) is -0.642. The van der Waals surface area contributed by atoms with Crippen LogP contribution in [0.4, 0.5) is 8.78 Å². The Kier molecular flexibility index (Phi) is 4.97. The van der Waals surface area contributed by atoms with Gasteiger partial charge >= 0.3 is 5.97 Å². The first-order chi connectivity index (χ1) is 8.27. The second-order valence-corrected chi connectivity index (χ2v) is 4.29. The summed E-state index contributed by atoms with van der Waals surface area (Å²) in [5, 5.41) is 36.0. The summed E-state index contributed by atoms with van der Waals surface area (Å²) in [4.78, 5) is 10.3. The molecule has 8 heteroatoms. The van der Waals surface area contributed by atoms with Crippen LogP contribution in [0.2, 0.25) is 0 Å². The molecule has 1 heterocycles. The molecule has 1 aliphatic rings. The Morgan fingerprint density at radius 1 is 1.39 bits per heavy atom. The molecule has 6 nitrogen and oxygen atoms in total. The van der Waals surface area contributed by atoms with Gasteiger partial charge in [-0.2, -0.15) is 0 Å². The average molecular weight is 270 g/mol. The van der Waals surface area contributed by atoms with Gasteiger partial charge in [-0.25, -0.2) is 8.78 Å². The van der Waals surface area contributed by atoms with E-state index in [4.69, 9.17) is 14.9 Å². The Hall–Kier alpha value is -0.830. The summed E-state index contributed by atoms with van der Waals surface area (Å²) in [7, 11) is 0. The van der Waals surface area contributed by atoms with Crippen LogP contribution in [0.15, 0.2) is 0 Å². The first kappa shape index (κ1) is 15.2. The maximum absolute atomic E-state index is 13.6. The van der Waals surface area contributed by atoms with E-state index in [-0.39, 0.29) is 0 Å². The summed E-state index contributed by atoms with van der Waals surface area (Å²) >= 11 is 0. The molecule has 4 N–H and O–H groups in total. The number of halogens is 2. The smallest absolute Gasteiger partial charge is 0.303 e. The Morgan fingerprint density at radius 3 is 2.50 bits per heavy atom. The molecular weight excluding hydrogens is 254 g/mol. The zero-order chi connectivity index (χ0) is 13.9. The highest BCUT2D eigenvalue weighted by atomic mass is 19.3. The third-order valence-corrected chi connectivity index (χ3v) is 2.89. The van der Waals surface area contributed by atoms with Crippen molar-refractivity contribution in [2.24, 2.45) is 0 Å². The lowest BCUT2D eigenvalue weighted by molar-refractivity contribution is -0.240. The molecule has 0 amide bonds. The Balaban J connectivity index is 2.67. The lowest BCUT2D eigenvalue weighted by Crippen LogP contribution is -2.54. The lowest BCUT2D eigenvalue weighted by atomic mass is 9.93. The number of carboxylic acids is 1. The molecule has 1 aliphatic heterocycles. The molecule has 1 saturated heterocycles. The minimum atomic E-state index is -3.44. The molecule has 1 fully saturated rings. The first-order valence-electron chi connectivity index (χ1n) is 5.50. The maximum Gasteiger partial charge on any atom is 0.303 e. The molecule has 0 aromatic rings. The molecule has 0 bridgehead atoms. The molecule has 0 radical (unpaired) electrons. The van der Waals surface area contributed by atoms with Crippen molar-refractivity contribution >= 4 is 5.97 Å². The molecule has 0 spiro atoms. The highest BCUT2D eigenvalue weighted by Gasteiger charge is 2.48. The van der Waals surface area contributed by atoms with Crippen molar-refractivity contribution in [3.8, 4) is 0 Å². The SMILES string of the molecule is O=C(O)CCC(F)(F)[C@@H]1C[C@@H](O)[C@@H](O)[C@@H](CO)O1. The van der Waals surface area contributed by atoms with Crippen molar-refractivity contribution in [3.63, 3.8) is 0 Å². The topological polar surface area (TPSA) is 107 Å². The van der Waals surface area contributed by atoms with Gasteiger partial charge in [0.25, 0.3) is 5.92 Å². The number of aliphatic hydroxyl groups excluding tert-OH is 3. The van der Waals surface area contributed by atoms with Crippen molar-refractivity contribution in [2.75, 3.05) is 6.61 Å². The Bertz CT molecular complexity index is 298. The Labute approximate surface area is 102 Å². The fourth-order valence-electron chi connectivity index (χ4n) is 1.81. The van der Waals surface area contributed by atoms with Gasteiger partial charge < -0.3 is 25.2 Å². The van der Waals surface area contributed by atoms with Gasteiger partial charge in [-0.3, -0.25) is 4.79 Å². The van der Waals surface area contributed by atoms with Crippen molar-refractivity contribution < 1.29 is 38.7 Å². The number of aliphatic hydroxyl groups is 3. The van der Waals surface area contributed by atoms with E-state index in [1.165, 1.54) is 0 Å². The second-order valence-electron chi connectivity index (χ2n) is 4.29. The Morgan fingerprint density at radius 2 is 2.00 bits per heavy atom. The number of hydrogen-bond donors (Lipinski definition) is 4. The molecule has 18 heavy (non-hydrogen) atoms. The molecule has 106 valence electrons. The molecular formula is C10H16F2O6. The fraction of sp³-hybridized carbons (Fsp3) is 0.900. The molecule has 1 rings (SSSR count). The van der Waals surface area contributed by atoms with Crippen LogP contribution in [0.5, 0.6) is 0 Å². The van der Waals surface area contributed by atoms with E-state index in [9.17, 15) is 23.8 Å². The standard InChI is InChI=1S/C10H16F2O6/c11-10(12,2-1-8(15)16)7-3-5(14)9(17)6(4-13)18-7/h5-7,9,13-14,17H,1-4H2,(H,15,16)/t5-,6-,7+,9-/m1/s1. The molecule has 4 atom stereocenters. The van der Waals surface area contributed by atoms with E-state index in [0.29, 0.717) is 0 Å². The number of alkyl halides is 2. The number of aliphatic carboxylic acids is 1. The van der Waals surface area contributed by atoms with Crippen LogP contribution >= 0.6 is 0 Å². The van der Waals surface area contributed by atoms with Gasteiger partial charge in [0.2, 0.25) is 0 Å². The molecule has 0 unspecified atom stereocenters. The van der Waals surface area contributed by atoms with Crippen molar-refractivity contribution in [1.29, 1.82) is 0 Å². The summed E-state index contributed by atoms with van der Waals surface area (Å²) < 4.78 is 32.0. The van der Waals surface area contributed by atoms with Crippen LogP contribution in [-0.2, 0) is 9.53 Å². The van der Waals surface area contributed by atoms with Crippen LogP contribution < -0.4 is 0 Å². The van der Waals surface area contributed by atoms with E-state index in [1.54, 1.807) is 0 Å². The minimum Gasteiger partial charge on any atom is -0.481 e. The van der Waals surface area contributed by atoms with Gasteiger partial charge in [0.15, 0.2) is 0 Å². The third kappa shape index (κ3) is 3.58. The zero-order valence-electron chi connectivity index (χ0n) is 9.50. The van der Waals surface area contributed by atoms with E-state index in [1.807, 2.05) is 0 Å². The molecule has 0 saturated carbocycles. The van der Waals surface area contributed by atoms with E-state index in [0.717, 1.165) is 0 Å². The summed E-state index contributed by atoms with van der Waals surface area (Å²) in [5.74, 6) is -4.79. The van der Waals surface area contributed by atoms with E-state index < -0.39 is 62.2 Å². The number of ether oxygens (including phenoxy) is 1. The van der Waals surface area contributed by atoms with Crippen LogP contribution in [-0.4, -0.2) is 63.3 Å². The fourth-order valence-corrected chi connectivity index (χ4v) is 1.81. The minimum absolute atomic E-state index is 0.510. The van der Waals surface area contributed by atoms with Crippen LogP contribution in [0, 0.1) is 0 Å². The van der Waals surface area contributed by atoms with Gasteiger partial charge in [-0.05, 0) is 0 Å². The molecule has 0 aliphatic carbocycles. The molecule has 0 aromatic carbocycles. The van der Waals surface area contributed by atoms with Gasteiger partial charge in [0.05, 0.1) is 19.1 Å². The highest BCUT2D eigenvalue weighted by Crippen LogP contribution is 2.34. The summed E-state index contributed by atoms with van der Waals surface area (Å²) in [6, 6.07) is 0. The maximum atomic E-state index is 13.6. The number of rotatable bonds is 5. The lowest BCUT2D eigenvalue weighted by Gasteiger charge is -2.39. The number of hydrogen-bond acceptors (Lipinski definition) is 5. The second kappa shape index (κ2) is 5.87. The van der Waals surface area contributed by atoms with Crippen molar-refractivity contribution in [3.05, 3.63) is 0 Å². The van der Waals surface area contributed by atoms with E-state index in [2.05, 4.69) is 0 Å². The van der Waals surface area contributed by atoms with Gasteiger partial charge in [0, 0.05) is 12.8 Å². The highest BCUT2D eigenvalue weighted by molar-refractivity contribution is 5.66. The first-order valence-corrected chi connectivity index (χ1v) is 5.50. The predicted molar refractivity (Wildman–Crippen MR) is 54.2 cm³/mol. The van der Waals surface area contributed by atoms with Crippen LogP contribution in [0.25, 0.3) is 0 Å². The summed E-state index contributed by atoms with van der Waals surface area (Å²) in [6.07, 6.45) is -8.03.